The van der Waals surface area contributed by atoms with Crippen molar-refractivity contribution in [1.29, 1.82) is 0 Å². The summed E-state index contributed by atoms with van der Waals surface area (Å²) >= 11 is 3.32. The Morgan fingerprint density at radius 1 is 1.46 bits per heavy atom. The van der Waals surface area contributed by atoms with E-state index in [9.17, 15) is 4.39 Å². The van der Waals surface area contributed by atoms with Gasteiger partial charge in [0, 0.05) is 16.6 Å². The van der Waals surface area contributed by atoms with Crippen molar-refractivity contribution in [2.24, 2.45) is 5.73 Å². The van der Waals surface area contributed by atoms with E-state index in [0.717, 1.165) is 10.0 Å². The predicted molar refractivity (Wildman–Crippen MR) is 53.5 cm³/mol. The van der Waals surface area contributed by atoms with Gasteiger partial charge in [-0.3, -0.25) is 0 Å². The fourth-order valence-electron chi connectivity index (χ4n) is 0.997. The van der Waals surface area contributed by atoms with E-state index in [1.165, 1.54) is 0 Å². The van der Waals surface area contributed by atoms with Gasteiger partial charge >= 0.3 is 0 Å². The molecule has 0 unspecified atom stereocenters. The lowest BCUT2D eigenvalue weighted by Gasteiger charge is -2.08. The fraction of sp³-hybridized carbons (Fsp3) is 0.333. The second-order valence-corrected chi connectivity index (χ2v) is 3.41. The summed E-state index contributed by atoms with van der Waals surface area (Å²) in [6.45, 7) is -0.0181. The van der Waals surface area contributed by atoms with E-state index in [-0.39, 0.29) is 6.61 Å². The van der Waals surface area contributed by atoms with Crippen molar-refractivity contribution in [1.82, 2.24) is 0 Å². The van der Waals surface area contributed by atoms with Crippen LogP contribution in [0.2, 0.25) is 0 Å². The molecular formula is C9H11BrFNO. The van der Waals surface area contributed by atoms with Gasteiger partial charge in [0.1, 0.15) is 19.0 Å². The van der Waals surface area contributed by atoms with Crippen LogP contribution in [0, 0.1) is 0 Å². The van der Waals surface area contributed by atoms with Crippen LogP contribution in [-0.4, -0.2) is 13.3 Å². The molecular weight excluding hydrogens is 237 g/mol. The van der Waals surface area contributed by atoms with E-state index in [1.54, 1.807) is 6.07 Å². The summed E-state index contributed by atoms with van der Waals surface area (Å²) in [4.78, 5) is 0. The molecule has 1 rings (SSSR count). The summed E-state index contributed by atoms with van der Waals surface area (Å²) in [5.41, 5.74) is 6.37. The van der Waals surface area contributed by atoms with E-state index in [1.807, 2.05) is 12.1 Å². The second kappa shape index (κ2) is 5.19. The summed E-state index contributed by atoms with van der Waals surface area (Å²) in [7, 11) is 0. The number of hydrogen-bond acceptors (Lipinski definition) is 2. The Balaban J connectivity index is 2.79. The first kappa shape index (κ1) is 10.5. The minimum atomic E-state index is -0.486. The topological polar surface area (TPSA) is 35.2 Å². The van der Waals surface area contributed by atoms with Crippen LogP contribution in [-0.2, 0) is 6.54 Å². The zero-order chi connectivity index (χ0) is 9.68. The van der Waals surface area contributed by atoms with Crippen LogP contribution >= 0.6 is 15.9 Å². The maximum atomic E-state index is 11.8. The standard InChI is InChI=1S/C9H11BrFNO/c10-8-1-2-9(13-4-3-11)7(5-8)6-12/h1-2,5H,3-4,6,12H2. The molecule has 0 fully saturated rings. The minimum Gasteiger partial charge on any atom is -0.491 e. The van der Waals surface area contributed by atoms with E-state index in [4.69, 9.17) is 10.5 Å². The summed E-state index contributed by atoms with van der Waals surface area (Å²) in [5, 5.41) is 0. The van der Waals surface area contributed by atoms with Gasteiger partial charge in [-0.05, 0) is 18.2 Å². The van der Waals surface area contributed by atoms with E-state index < -0.39 is 6.67 Å². The lowest BCUT2D eigenvalue weighted by molar-refractivity contribution is 0.271. The number of ether oxygens (including phenoxy) is 1. The van der Waals surface area contributed by atoms with E-state index in [2.05, 4.69) is 15.9 Å². The Bertz CT molecular complexity index is 280. The highest BCUT2D eigenvalue weighted by atomic mass is 79.9. The molecule has 4 heteroatoms. The number of hydrogen-bond donors (Lipinski definition) is 1. The van der Waals surface area contributed by atoms with Crippen LogP contribution in [0.25, 0.3) is 0 Å². The van der Waals surface area contributed by atoms with E-state index in [0.29, 0.717) is 12.3 Å². The predicted octanol–water partition coefficient (Wildman–Crippen LogP) is 2.26. The van der Waals surface area contributed by atoms with Crippen LogP contribution in [0.15, 0.2) is 22.7 Å². The lowest BCUT2D eigenvalue weighted by Crippen LogP contribution is -2.04. The SMILES string of the molecule is NCc1cc(Br)ccc1OCCF. The Kier molecular flexibility index (Phi) is 4.18. The molecule has 2 N–H and O–H groups in total. The van der Waals surface area contributed by atoms with Crippen molar-refractivity contribution in [2.75, 3.05) is 13.3 Å². The molecule has 0 spiro atoms. The van der Waals surface area contributed by atoms with Gasteiger partial charge in [0.15, 0.2) is 0 Å². The zero-order valence-corrected chi connectivity index (χ0v) is 8.68. The van der Waals surface area contributed by atoms with Gasteiger partial charge in [-0.25, -0.2) is 4.39 Å². The summed E-state index contributed by atoms with van der Waals surface area (Å²) < 4.78 is 17.9. The molecule has 0 atom stereocenters. The van der Waals surface area contributed by atoms with Crippen LogP contribution in [0.4, 0.5) is 4.39 Å². The first-order valence-electron chi connectivity index (χ1n) is 3.95. The third-order valence-electron chi connectivity index (χ3n) is 1.58. The molecule has 1 aromatic rings. The zero-order valence-electron chi connectivity index (χ0n) is 7.09. The lowest BCUT2D eigenvalue weighted by atomic mass is 10.2. The number of rotatable bonds is 4. The second-order valence-electron chi connectivity index (χ2n) is 2.49. The Morgan fingerprint density at radius 3 is 2.85 bits per heavy atom. The highest BCUT2D eigenvalue weighted by Gasteiger charge is 2.02. The molecule has 0 aliphatic carbocycles. The van der Waals surface area contributed by atoms with Crippen molar-refractivity contribution in [2.45, 2.75) is 6.54 Å². The molecule has 0 heterocycles. The third-order valence-corrected chi connectivity index (χ3v) is 2.07. The first-order valence-corrected chi connectivity index (χ1v) is 4.74. The van der Waals surface area contributed by atoms with Gasteiger partial charge in [0.25, 0.3) is 0 Å². The Morgan fingerprint density at radius 2 is 2.23 bits per heavy atom. The molecule has 0 radical (unpaired) electrons. The van der Waals surface area contributed by atoms with Crippen molar-refractivity contribution in [3.63, 3.8) is 0 Å². The normalized spacial score (nSPS) is 10.1. The van der Waals surface area contributed by atoms with Crippen LogP contribution < -0.4 is 10.5 Å². The summed E-state index contributed by atoms with van der Waals surface area (Å²) in [5.74, 6) is 0.656. The Hall–Kier alpha value is -0.610. The Labute approximate surface area is 85.0 Å². The monoisotopic (exact) mass is 247 g/mol. The molecule has 1 aromatic carbocycles. The average Bonchev–Trinajstić information content (AvgIpc) is 2.16. The number of benzene rings is 1. The molecule has 0 aliphatic rings. The van der Waals surface area contributed by atoms with Gasteiger partial charge in [-0.1, -0.05) is 15.9 Å². The number of alkyl halides is 1. The summed E-state index contributed by atoms with van der Waals surface area (Å²) in [6.07, 6.45) is 0. The molecule has 2 nitrogen and oxygen atoms in total. The molecule has 0 amide bonds. The highest BCUT2D eigenvalue weighted by Crippen LogP contribution is 2.22. The van der Waals surface area contributed by atoms with Gasteiger partial charge in [0.2, 0.25) is 0 Å². The fourth-order valence-corrected chi connectivity index (χ4v) is 1.41. The molecule has 0 aliphatic heterocycles. The first-order chi connectivity index (χ1) is 6.27. The van der Waals surface area contributed by atoms with Crippen LogP contribution in [0.5, 0.6) is 5.75 Å². The van der Waals surface area contributed by atoms with Crippen LogP contribution in [0.3, 0.4) is 0 Å². The van der Waals surface area contributed by atoms with Crippen molar-refractivity contribution in [3.8, 4) is 5.75 Å². The maximum absolute atomic E-state index is 11.8. The quantitative estimate of drug-likeness (QED) is 0.886. The van der Waals surface area contributed by atoms with Crippen molar-refractivity contribution < 1.29 is 9.13 Å². The molecule has 0 aromatic heterocycles. The maximum Gasteiger partial charge on any atom is 0.123 e. The van der Waals surface area contributed by atoms with Gasteiger partial charge in [-0.15, -0.1) is 0 Å². The highest BCUT2D eigenvalue weighted by molar-refractivity contribution is 9.10. The number of halogens is 2. The van der Waals surface area contributed by atoms with Crippen molar-refractivity contribution >= 4 is 15.9 Å². The molecule has 0 bridgehead atoms. The minimum absolute atomic E-state index is 0.0780. The molecule has 13 heavy (non-hydrogen) atoms. The largest absolute Gasteiger partial charge is 0.491 e. The third kappa shape index (κ3) is 2.97. The van der Waals surface area contributed by atoms with Crippen molar-refractivity contribution in [3.05, 3.63) is 28.2 Å². The number of nitrogens with two attached hydrogens (primary N) is 1. The molecule has 0 saturated carbocycles. The van der Waals surface area contributed by atoms with Crippen LogP contribution in [0.1, 0.15) is 5.56 Å². The van der Waals surface area contributed by atoms with Gasteiger partial charge in [-0.2, -0.15) is 0 Å². The summed E-state index contributed by atoms with van der Waals surface area (Å²) in [6, 6.07) is 5.49. The van der Waals surface area contributed by atoms with E-state index >= 15 is 0 Å². The smallest absolute Gasteiger partial charge is 0.123 e. The molecule has 0 saturated heterocycles. The van der Waals surface area contributed by atoms with Gasteiger partial charge < -0.3 is 10.5 Å². The molecule has 72 valence electrons. The average molecular weight is 248 g/mol. The van der Waals surface area contributed by atoms with Gasteiger partial charge in [0.05, 0.1) is 0 Å².